The monoisotopic (exact) mass is 766 g/mol. The number of sulfonamides is 1. The molecule has 0 aliphatic heterocycles. The number of nitrogen functional groups attached to an aromatic ring is 1. The molecule has 7 N–H and O–H groups in total. The van der Waals surface area contributed by atoms with E-state index in [9.17, 15) is 36.7 Å². The average molecular weight is 767 g/mol. The molecule has 0 bridgehead atoms. The highest BCUT2D eigenvalue weighted by molar-refractivity contribution is 7.92. The van der Waals surface area contributed by atoms with Gasteiger partial charge in [0, 0.05) is 11.8 Å². The van der Waals surface area contributed by atoms with E-state index >= 15 is 0 Å². The second-order valence-corrected chi connectivity index (χ2v) is 14.9. The Morgan fingerprint density at radius 3 is 1.78 bits per heavy atom. The first-order valence-electron chi connectivity index (χ1n) is 15.7. The lowest BCUT2D eigenvalue weighted by molar-refractivity contribution is 0.451. The SMILES string of the molecule is Cc1ccc(N=Nc2c(C)cc3cc(S(=O)(=O)O)c(N=Nc4ccc(S(=O)(=O)Nc5ccc(N=Nc6ccc(O)cc6O)cc5)cc4)c(O)c3c2N)cc1. The Labute approximate surface area is 308 Å². The molecule has 0 amide bonds. The van der Waals surface area contributed by atoms with Gasteiger partial charge >= 0.3 is 0 Å². The third-order valence-corrected chi connectivity index (χ3v) is 10.1. The molecule has 0 saturated carbocycles. The Morgan fingerprint density at radius 1 is 0.630 bits per heavy atom. The van der Waals surface area contributed by atoms with Crippen molar-refractivity contribution in [3.05, 3.63) is 114 Å². The first-order valence-corrected chi connectivity index (χ1v) is 18.6. The van der Waals surface area contributed by atoms with Crippen LogP contribution in [0.2, 0.25) is 0 Å². The Morgan fingerprint density at radius 2 is 1.19 bits per heavy atom. The first kappa shape index (κ1) is 37.0. The number of phenols is 3. The van der Waals surface area contributed by atoms with Gasteiger partial charge in [-0.1, -0.05) is 17.7 Å². The highest BCUT2D eigenvalue weighted by atomic mass is 32.2. The number of nitrogens with zero attached hydrogens (tertiary/aromatic N) is 6. The number of nitrogens with one attached hydrogen (secondary N) is 1. The van der Waals surface area contributed by atoms with Gasteiger partial charge in [0.1, 0.15) is 33.5 Å². The predicted molar refractivity (Wildman–Crippen MR) is 202 cm³/mol. The van der Waals surface area contributed by atoms with E-state index in [1.54, 1.807) is 19.1 Å². The van der Waals surface area contributed by atoms with Crippen molar-refractivity contribution in [3.8, 4) is 17.2 Å². The van der Waals surface area contributed by atoms with Crippen LogP contribution in [0.3, 0.4) is 0 Å². The molecule has 6 rings (SSSR count). The molecule has 6 aromatic carbocycles. The van der Waals surface area contributed by atoms with Crippen LogP contribution in [0.4, 0.5) is 45.5 Å². The number of fused-ring (bicyclic) bond motifs is 1. The van der Waals surface area contributed by atoms with Gasteiger partial charge in [0.05, 0.1) is 33.0 Å². The molecule has 0 aromatic heterocycles. The van der Waals surface area contributed by atoms with Gasteiger partial charge in [-0.15, -0.1) is 15.3 Å². The molecule has 54 heavy (non-hydrogen) atoms. The summed E-state index contributed by atoms with van der Waals surface area (Å²) >= 11 is 0. The maximum atomic E-state index is 13.1. The summed E-state index contributed by atoms with van der Waals surface area (Å²) in [7, 11) is -9.01. The van der Waals surface area contributed by atoms with E-state index in [1.165, 1.54) is 66.7 Å². The number of hydrogen-bond donors (Lipinski definition) is 6. The molecule has 0 radical (unpaired) electrons. The molecule has 0 saturated heterocycles. The van der Waals surface area contributed by atoms with Crippen LogP contribution >= 0.6 is 0 Å². The smallest absolute Gasteiger partial charge is 0.296 e. The number of nitrogens with two attached hydrogens (primary N) is 1. The number of benzene rings is 6. The molecule has 16 nitrogen and oxygen atoms in total. The number of azo groups is 3. The Hall–Kier alpha value is -6.76. The summed E-state index contributed by atoms with van der Waals surface area (Å²) in [5.74, 6) is -1.09. The first-order chi connectivity index (χ1) is 25.6. The summed E-state index contributed by atoms with van der Waals surface area (Å²) < 4.78 is 63.4. The van der Waals surface area contributed by atoms with E-state index in [2.05, 4.69) is 35.4 Å². The number of phenolic OH excluding ortho intramolecular Hbond substituents is 3. The Kier molecular flexibility index (Phi) is 10.1. The highest BCUT2D eigenvalue weighted by Crippen LogP contribution is 2.47. The standard InChI is InChI=1S/C36H30N8O8S2/c1-20-3-5-23(6-4-20)39-42-34-21(2)17-22-18-31(54(50,51)52)35(36(47)32(22)33(34)37)43-40-25-11-14-28(15-12-25)53(48,49)44-26-9-7-24(8-10-26)38-41-29-16-13-27(45)19-30(29)46/h3-19,44-47H,37H2,1-2H3,(H,50,51,52). The van der Waals surface area contributed by atoms with E-state index in [0.717, 1.165) is 17.7 Å². The quantitative estimate of drug-likeness (QED) is 0.0440. The fraction of sp³-hybridized carbons (Fsp3) is 0.0556. The van der Waals surface area contributed by atoms with Crippen LogP contribution in [0.1, 0.15) is 11.1 Å². The van der Waals surface area contributed by atoms with Crippen molar-refractivity contribution in [2.75, 3.05) is 10.5 Å². The van der Waals surface area contributed by atoms with Crippen LogP contribution in [0.25, 0.3) is 10.8 Å². The number of hydrogen-bond acceptors (Lipinski definition) is 14. The molecule has 0 spiro atoms. The molecule has 6 aromatic rings. The van der Waals surface area contributed by atoms with Crippen LogP contribution in [0, 0.1) is 13.8 Å². The molecule has 18 heteroatoms. The van der Waals surface area contributed by atoms with Crippen molar-refractivity contribution in [2.24, 2.45) is 30.7 Å². The molecular formula is C36H30N8O8S2. The zero-order valence-electron chi connectivity index (χ0n) is 28.3. The molecular weight excluding hydrogens is 737 g/mol. The fourth-order valence-corrected chi connectivity index (χ4v) is 6.86. The number of aryl methyl sites for hydroxylation is 2. The lowest BCUT2D eigenvalue weighted by Crippen LogP contribution is -2.12. The third kappa shape index (κ3) is 8.15. The zero-order valence-corrected chi connectivity index (χ0v) is 29.9. The van der Waals surface area contributed by atoms with Gasteiger partial charge in [-0.05, 0) is 110 Å². The van der Waals surface area contributed by atoms with Crippen LogP contribution in [-0.4, -0.2) is 36.7 Å². The van der Waals surface area contributed by atoms with Crippen molar-refractivity contribution in [1.82, 2.24) is 0 Å². The molecule has 0 unspecified atom stereocenters. The highest BCUT2D eigenvalue weighted by Gasteiger charge is 2.25. The maximum absolute atomic E-state index is 13.1. The van der Waals surface area contributed by atoms with Crippen molar-refractivity contribution in [3.63, 3.8) is 0 Å². The van der Waals surface area contributed by atoms with E-state index in [0.29, 0.717) is 16.9 Å². The maximum Gasteiger partial charge on any atom is 0.296 e. The molecule has 0 heterocycles. The molecule has 0 atom stereocenters. The summed E-state index contributed by atoms with van der Waals surface area (Å²) in [4.78, 5) is -0.880. The Balaban J connectivity index is 1.24. The van der Waals surface area contributed by atoms with E-state index in [-0.39, 0.29) is 55.6 Å². The summed E-state index contributed by atoms with van der Waals surface area (Å²) in [6, 6.07) is 24.7. The Bertz CT molecular complexity index is 2720. The van der Waals surface area contributed by atoms with Crippen LogP contribution < -0.4 is 10.5 Å². The number of rotatable bonds is 10. The molecule has 274 valence electrons. The molecule has 0 aliphatic carbocycles. The lowest BCUT2D eigenvalue weighted by atomic mass is 10.0. The van der Waals surface area contributed by atoms with E-state index in [1.807, 2.05) is 19.1 Å². The van der Waals surface area contributed by atoms with Crippen molar-refractivity contribution < 1.29 is 36.7 Å². The summed E-state index contributed by atoms with van der Waals surface area (Å²) in [6.07, 6.45) is 0. The topological polar surface area (TPSA) is 261 Å². The van der Waals surface area contributed by atoms with Gasteiger partial charge in [0.2, 0.25) is 0 Å². The van der Waals surface area contributed by atoms with Gasteiger partial charge in [-0.2, -0.15) is 23.8 Å². The largest absolute Gasteiger partial charge is 0.508 e. The fourth-order valence-electron chi connectivity index (χ4n) is 5.15. The number of anilines is 2. The number of aromatic hydroxyl groups is 3. The minimum absolute atomic E-state index is 0.0000550. The van der Waals surface area contributed by atoms with Gasteiger partial charge in [0.25, 0.3) is 20.1 Å². The zero-order chi connectivity index (χ0) is 38.8. The minimum atomic E-state index is -4.93. The van der Waals surface area contributed by atoms with Crippen molar-refractivity contribution in [2.45, 2.75) is 23.6 Å². The third-order valence-electron chi connectivity index (χ3n) is 7.88. The normalized spacial score (nSPS) is 12.4. The summed E-state index contributed by atoms with van der Waals surface area (Å²) in [5.41, 5.74) is 8.89. The van der Waals surface area contributed by atoms with E-state index < -0.39 is 36.5 Å². The second-order valence-electron chi connectivity index (χ2n) is 11.9. The van der Waals surface area contributed by atoms with Gasteiger partial charge in [-0.3, -0.25) is 9.27 Å². The van der Waals surface area contributed by atoms with Crippen LogP contribution in [0.5, 0.6) is 17.2 Å². The summed E-state index contributed by atoms with van der Waals surface area (Å²) in [5, 5.41) is 55.0. The second kappa shape index (κ2) is 14.7. The molecule has 0 fully saturated rings. The average Bonchev–Trinajstić information content (AvgIpc) is 3.11. The van der Waals surface area contributed by atoms with Crippen LogP contribution in [0.15, 0.2) is 144 Å². The minimum Gasteiger partial charge on any atom is -0.508 e. The van der Waals surface area contributed by atoms with Gasteiger partial charge < -0.3 is 21.1 Å². The van der Waals surface area contributed by atoms with E-state index in [4.69, 9.17) is 5.73 Å². The van der Waals surface area contributed by atoms with Crippen molar-refractivity contribution >= 4 is 76.4 Å². The lowest BCUT2D eigenvalue weighted by Gasteiger charge is -2.13. The molecule has 0 aliphatic rings. The summed E-state index contributed by atoms with van der Waals surface area (Å²) in [6.45, 7) is 3.61. The van der Waals surface area contributed by atoms with Crippen molar-refractivity contribution in [1.29, 1.82) is 0 Å². The van der Waals surface area contributed by atoms with Gasteiger partial charge in [-0.25, -0.2) is 8.42 Å². The predicted octanol–water partition coefficient (Wildman–Crippen LogP) is 9.45. The van der Waals surface area contributed by atoms with Crippen LogP contribution in [-0.2, 0) is 20.1 Å². The van der Waals surface area contributed by atoms with Gasteiger partial charge in [0.15, 0.2) is 5.75 Å².